The molecule has 2 rings (SSSR count). The van der Waals surface area contributed by atoms with Crippen molar-refractivity contribution >= 4 is 5.91 Å². The maximum atomic E-state index is 11.3. The van der Waals surface area contributed by atoms with Gasteiger partial charge in [0, 0.05) is 38.5 Å². The van der Waals surface area contributed by atoms with E-state index in [0.717, 1.165) is 44.4 Å². The molecule has 0 spiro atoms. The molecule has 1 saturated heterocycles. The predicted molar refractivity (Wildman–Crippen MR) is 72.7 cm³/mol. The van der Waals surface area contributed by atoms with Crippen molar-refractivity contribution in [1.29, 1.82) is 0 Å². The summed E-state index contributed by atoms with van der Waals surface area (Å²) in [5.41, 5.74) is -0.00141. The van der Waals surface area contributed by atoms with Crippen molar-refractivity contribution in [2.75, 3.05) is 26.2 Å². The minimum absolute atomic E-state index is 0.00141. The first-order valence-corrected chi connectivity index (χ1v) is 6.79. The number of hydrogen-bond acceptors (Lipinski definition) is 4. The van der Waals surface area contributed by atoms with Crippen LogP contribution in [0, 0.1) is 0 Å². The molecule has 0 aliphatic carbocycles. The fourth-order valence-corrected chi connectivity index (χ4v) is 2.14. The Morgan fingerprint density at radius 1 is 1.32 bits per heavy atom. The van der Waals surface area contributed by atoms with E-state index in [4.69, 9.17) is 4.42 Å². The van der Waals surface area contributed by atoms with E-state index in [1.807, 2.05) is 11.1 Å². The van der Waals surface area contributed by atoms with Gasteiger partial charge in [-0.1, -0.05) is 20.8 Å². The Hall–Kier alpha value is -1.36. The van der Waals surface area contributed by atoms with Gasteiger partial charge in [0.25, 0.3) is 0 Å². The van der Waals surface area contributed by atoms with Gasteiger partial charge in [-0.3, -0.25) is 9.69 Å². The number of aromatic nitrogens is 1. The Kier molecular flexibility index (Phi) is 3.94. The Balaban J connectivity index is 1.89. The largest absolute Gasteiger partial charge is 0.444 e. The van der Waals surface area contributed by atoms with Crippen LogP contribution in [-0.4, -0.2) is 46.9 Å². The normalized spacial score (nSPS) is 17.8. The average molecular weight is 265 g/mol. The first-order chi connectivity index (χ1) is 8.86. The SMILES string of the molecule is CC(=O)N1CCN(Cc2ncc(C(C)(C)C)o2)CC1. The van der Waals surface area contributed by atoms with Crippen molar-refractivity contribution in [1.82, 2.24) is 14.8 Å². The Bertz CT molecular complexity index is 440. The van der Waals surface area contributed by atoms with E-state index in [-0.39, 0.29) is 11.3 Å². The Morgan fingerprint density at radius 2 is 1.95 bits per heavy atom. The summed E-state index contributed by atoms with van der Waals surface area (Å²) in [6.07, 6.45) is 1.82. The first kappa shape index (κ1) is 14.1. The van der Waals surface area contributed by atoms with E-state index < -0.39 is 0 Å². The molecular formula is C14H23N3O2. The molecule has 5 nitrogen and oxygen atoms in total. The molecule has 0 radical (unpaired) electrons. The van der Waals surface area contributed by atoms with Gasteiger partial charge in [0.05, 0.1) is 12.7 Å². The summed E-state index contributed by atoms with van der Waals surface area (Å²) < 4.78 is 5.79. The van der Waals surface area contributed by atoms with E-state index in [1.165, 1.54) is 0 Å². The molecule has 0 saturated carbocycles. The summed E-state index contributed by atoms with van der Waals surface area (Å²) >= 11 is 0. The molecule has 0 unspecified atom stereocenters. The number of hydrogen-bond donors (Lipinski definition) is 0. The first-order valence-electron chi connectivity index (χ1n) is 6.79. The van der Waals surface area contributed by atoms with Crippen LogP contribution in [0.1, 0.15) is 39.3 Å². The van der Waals surface area contributed by atoms with Crippen LogP contribution in [0.15, 0.2) is 10.6 Å². The summed E-state index contributed by atoms with van der Waals surface area (Å²) in [5, 5.41) is 0. The summed E-state index contributed by atoms with van der Waals surface area (Å²) in [6.45, 7) is 12.0. The van der Waals surface area contributed by atoms with Crippen molar-refractivity contribution < 1.29 is 9.21 Å². The quantitative estimate of drug-likeness (QED) is 0.815. The molecule has 5 heteroatoms. The van der Waals surface area contributed by atoms with Crippen LogP contribution < -0.4 is 0 Å². The molecule has 0 atom stereocenters. The summed E-state index contributed by atoms with van der Waals surface area (Å²) in [5.74, 6) is 1.84. The summed E-state index contributed by atoms with van der Waals surface area (Å²) in [4.78, 5) is 19.8. The van der Waals surface area contributed by atoms with Gasteiger partial charge in [-0.2, -0.15) is 0 Å². The lowest BCUT2D eigenvalue weighted by Gasteiger charge is -2.33. The molecule has 1 aromatic heterocycles. The third kappa shape index (κ3) is 3.56. The zero-order chi connectivity index (χ0) is 14.0. The number of carbonyl (C=O) groups excluding carboxylic acids is 1. The lowest BCUT2D eigenvalue weighted by Crippen LogP contribution is -2.47. The van der Waals surface area contributed by atoms with Gasteiger partial charge in [0.15, 0.2) is 0 Å². The van der Waals surface area contributed by atoms with E-state index >= 15 is 0 Å². The lowest BCUT2D eigenvalue weighted by atomic mass is 9.94. The van der Waals surface area contributed by atoms with Gasteiger partial charge >= 0.3 is 0 Å². The van der Waals surface area contributed by atoms with E-state index in [9.17, 15) is 4.79 Å². The van der Waals surface area contributed by atoms with Crippen LogP contribution in [0.2, 0.25) is 0 Å². The summed E-state index contributed by atoms with van der Waals surface area (Å²) in [6, 6.07) is 0. The Labute approximate surface area is 114 Å². The zero-order valence-electron chi connectivity index (χ0n) is 12.3. The second-order valence-corrected chi connectivity index (χ2v) is 6.15. The summed E-state index contributed by atoms with van der Waals surface area (Å²) in [7, 11) is 0. The monoisotopic (exact) mass is 265 g/mol. The minimum Gasteiger partial charge on any atom is -0.444 e. The van der Waals surface area contributed by atoms with Crippen LogP contribution in [0.4, 0.5) is 0 Å². The van der Waals surface area contributed by atoms with Crippen LogP contribution in [0.25, 0.3) is 0 Å². The number of nitrogens with zero attached hydrogens (tertiary/aromatic N) is 3. The molecular weight excluding hydrogens is 242 g/mol. The number of rotatable bonds is 2. The number of amides is 1. The van der Waals surface area contributed by atoms with Gasteiger partial charge in [-0.05, 0) is 0 Å². The molecule has 1 aromatic rings. The highest BCUT2D eigenvalue weighted by atomic mass is 16.4. The van der Waals surface area contributed by atoms with Gasteiger partial charge in [-0.25, -0.2) is 4.98 Å². The highest BCUT2D eigenvalue weighted by Crippen LogP contribution is 2.23. The predicted octanol–water partition coefficient (Wildman–Crippen LogP) is 1.64. The van der Waals surface area contributed by atoms with Gasteiger partial charge in [0.2, 0.25) is 11.8 Å². The number of carbonyl (C=O) groups is 1. The molecule has 1 amide bonds. The van der Waals surface area contributed by atoms with Crippen LogP contribution in [-0.2, 0) is 16.8 Å². The second-order valence-electron chi connectivity index (χ2n) is 6.15. The van der Waals surface area contributed by atoms with Gasteiger partial charge in [-0.15, -0.1) is 0 Å². The smallest absolute Gasteiger partial charge is 0.219 e. The molecule has 1 aliphatic heterocycles. The molecule has 2 heterocycles. The van der Waals surface area contributed by atoms with Crippen LogP contribution >= 0.6 is 0 Å². The molecule has 0 N–H and O–H groups in total. The fraction of sp³-hybridized carbons (Fsp3) is 0.714. The van der Waals surface area contributed by atoms with E-state index in [1.54, 1.807) is 6.92 Å². The average Bonchev–Trinajstić information content (AvgIpc) is 2.78. The molecule has 106 valence electrons. The lowest BCUT2D eigenvalue weighted by molar-refractivity contribution is -0.130. The van der Waals surface area contributed by atoms with E-state index in [2.05, 4.69) is 30.7 Å². The maximum absolute atomic E-state index is 11.3. The van der Waals surface area contributed by atoms with Crippen molar-refractivity contribution in [2.24, 2.45) is 0 Å². The van der Waals surface area contributed by atoms with Crippen LogP contribution in [0.3, 0.4) is 0 Å². The highest BCUT2D eigenvalue weighted by Gasteiger charge is 2.22. The fourth-order valence-electron chi connectivity index (χ4n) is 2.14. The van der Waals surface area contributed by atoms with E-state index in [0.29, 0.717) is 0 Å². The zero-order valence-corrected chi connectivity index (χ0v) is 12.3. The maximum Gasteiger partial charge on any atom is 0.219 e. The molecule has 0 bridgehead atoms. The second kappa shape index (κ2) is 5.33. The molecule has 1 aliphatic rings. The van der Waals surface area contributed by atoms with Crippen LogP contribution in [0.5, 0.6) is 0 Å². The standard InChI is InChI=1S/C14H23N3O2/c1-11(18)17-7-5-16(6-8-17)10-13-15-9-12(19-13)14(2,3)4/h9H,5-8,10H2,1-4H3. The number of piperazine rings is 1. The van der Waals surface area contributed by atoms with Crippen molar-refractivity contribution in [3.8, 4) is 0 Å². The highest BCUT2D eigenvalue weighted by molar-refractivity contribution is 5.73. The van der Waals surface area contributed by atoms with Crippen molar-refractivity contribution in [2.45, 2.75) is 39.7 Å². The van der Waals surface area contributed by atoms with Crippen molar-refractivity contribution in [3.63, 3.8) is 0 Å². The topological polar surface area (TPSA) is 49.6 Å². The Morgan fingerprint density at radius 3 is 2.42 bits per heavy atom. The minimum atomic E-state index is -0.00141. The molecule has 0 aromatic carbocycles. The molecule has 19 heavy (non-hydrogen) atoms. The van der Waals surface area contributed by atoms with Gasteiger partial charge < -0.3 is 9.32 Å². The van der Waals surface area contributed by atoms with Crippen molar-refractivity contribution in [3.05, 3.63) is 17.8 Å². The third-order valence-corrected chi connectivity index (χ3v) is 3.47. The van der Waals surface area contributed by atoms with Gasteiger partial charge in [0.1, 0.15) is 5.76 Å². The molecule has 1 fully saturated rings. The number of oxazole rings is 1. The third-order valence-electron chi connectivity index (χ3n) is 3.47.